The molecule has 0 aliphatic carbocycles. The molecule has 2 saturated heterocycles. The lowest BCUT2D eigenvalue weighted by Crippen LogP contribution is -2.18. The second kappa shape index (κ2) is 7.42. The zero-order chi connectivity index (χ0) is 20.8. The Bertz CT molecular complexity index is 1170. The first-order valence-electron chi connectivity index (χ1n) is 9.03. The minimum Gasteiger partial charge on any atom is -0.300 e. The van der Waals surface area contributed by atoms with Gasteiger partial charge in [0, 0.05) is 11.3 Å². The van der Waals surface area contributed by atoms with Crippen LogP contribution in [0.4, 0.5) is 14.9 Å². The summed E-state index contributed by atoms with van der Waals surface area (Å²) in [7, 11) is -3.03. The number of nitrogens with zero attached hydrogens (tertiary/aromatic N) is 3. The second-order valence-corrected chi connectivity index (χ2v) is 10.3. The van der Waals surface area contributed by atoms with Gasteiger partial charge in [0.2, 0.25) is 0 Å². The number of thioether (sulfide) groups is 1. The largest absolute Gasteiger partial charge is 0.300 e. The average molecular weight is 435 g/mol. The van der Waals surface area contributed by atoms with E-state index in [-0.39, 0.29) is 22.8 Å². The molecule has 2 aromatic rings. The minimum atomic E-state index is -3.03. The summed E-state index contributed by atoms with van der Waals surface area (Å²) in [6.45, 7) is 3.73. The third-order valence-corrected chi connectivity index (χ3v) is 7.49. The van der Waals surface area contributed by atoms with Crippen molar-refractivity contribution in [2.24, 2.45) is 4.99 Å². The Balaban J connectivity index is 1.70. The summed E-state index contributed by atoms with van der Waals surface area (Å²) in [6.07, 6.45) is 2.36. The van der Waals surface area contributed by atoms with E-state index in [1.807, 2.05) is 19.9 Å². The Morgan fingerprint density at radius 2 is 2.17 bits per heavy atom. The zero-order valence-corrected chi connectivity index (χ0v) is 17.5. The molecule has 0 saturated carbocycles. The molecule has 2 fully saturated rings. The number of carbonyl (C=O) groups excluding carboxylic acids is 1. The van der Waals surface area contributed by atoms with E-state index in [0.29, 0.717) is 22.8 Å². The van der Waals surface area contributed by atoms with E-state index >= 15 is 0 Å². The molecule has 1 N–H and O–H groups in total. The van der Waals surface area contributed by atoms with Gasteiger partial charge in [-0.2, -0.15) is 5.10 Å². The van der Waals surface area contributed by atoms with Crippen LogP contribution in [0.5, 0.6) is 0 Å². The molecule has 1 aromatic carbocycles. The molecule has 7 nitrogen and oxygen atoms in total. The smallest absolute Gasteiger partial charge is 0.289 e. The molecule has 0 bridgehead atoms. The Labute approximate surface area is 172 Å². The van der Waals surface area contributed by atoms with E-state index in [2.05, 4.69) is 15.4 Å². The van der Waals surface area contributed by atoms with E-state index in [1.165, 1.54) is 12.1 Å². The van der Waals surface area contributed by atoms with Crippen molar-refractivity contribution >= 4 is 44.4 Å². The number of halogens is 1. The highest BCUT2D eigenvalue weighted by atomic mass is 32.2. The molecule has 1 aromatic heterocycles. The number of aromatic nitrogens is 2. The standard InChI is InChI=1S/C19H19FN4O3S2/c1-11-16(12(2)24(23-11)15-6-7-29(26,27)10-15)9-17-18(22-19(25)28-17)21-14-5-3-4-13(20)8-14/h3-5,8-9,15H,6-7,10H2,1-2H3,(H,21,22,25). The summed E-state index contributed by atoms with van der Waals surface area (Å²) in [4.78, 5) is 16.9. The summed E-state index contributed by atoms with van der Waals surface area (Å²) in [5.41, 5.74) is 2.79. The molecule has 1 atom stereocenters. The number of aliphatic imine (C=N–C) groups is 1. The van der Waals surface area contributed by atoms with Gasteiger partial charge in [0.15, 0.2) is 9.84 Å². The highest BCUT2D eigenvalue weighted by Gasteiger charge is 2.32. The summed E-state index contributed by atoms with van der Waals surface area (Å²) in [5.74, 6) is 0.200. The number of carbonyl (C=O) groups is 1. The number of nitrogens with one attached hydrogen (secondary N) is 1. The number of benzene rings is 1. The summed E-state index contributed by atoms with van der Waals surface area (Å²) < 4.78 is 38.9. The number of amidine groups is 1. The van der Waals surface area contributed by atoms with Crippen molar-refractivity contribution in [3.8, 4) is 0 Å². The van der Waals surface area contributed by atoms with Crippen LogP contribution in [0.3, 0.4) is 0 Å². The third kappa shape index (κ3) is 4.13. The molecule has 0 radical (unpaired) electrons. The molecule has 29 heavy (non-hydrogen) atoms. The number of sulfone groups is 1. The van der Waals surface area contributed by atoms with Crippen LogP contribution < -0.4 is 5.32 Å². The van der Waals surface area contributed by atoms with Gasteiger partial charge in [0.05, 0.1) is 33.8 Å². The fourth-order valence-corrected chi connectivity index (χ4v) is 5.94. The highest BCUT2D eigenvalue weighted by Crippen LogP contribution is 2.32. The van der Waals surface area contributed by atoms with Crippen LogP contribution in [0.25, 0.3) is 6.08 Å². The summed E-state index contributed by atoms with van der Waals surface area (Å²) in [6, 6.07) is 5.64. The maximum atomic E-state index is 13.4. The van der Waals surface area contributed by atoms with Gasteiger partial charge < -0.3 is 5.32 Å². The quantitative estimate of drug-likeness (QED) is 0.798. The average Bonchev–Trinajstić information content (AvgIpc) is 3.26. The monoisotopic (exact) mass is 434 g/mol. The van der Waals surface area contributed by atoms with Crippen molar-refractivity contribution in [3.63, 3.8) is 0 Å². The Morgan fingerprint density at radius 1 is 1.38 bits per heavy atom. The van der Waals surface area contributed by atoms with E-state index in [1.54, 1.807) is 16.8 Å². The number of rotatable bonds is 3. The topological polar surface area (TPSA) is 93.4 Å². The van der Waals surface area contributed by atoms with Crippen molar-refractivity contribution in [2.45, 2.75) is 26.3 Å². The minimum absolute atomic E-state index is 0.0893. The maximum absolute atomic E-state index is 13.4. The summed E-state index contributed by atoms with van der Waals surface area (Å²) >= 11 is 1.00. The van der Waals surface area contributed by atoms with Gasteiger partial charge in [-0.15, -0.1) is 0 Å². The van der Waals surface area contributed by atoms with Crippen LogP contribution in [0.1, 0.15) is 29.4 Å². The van der Waals surface area contributed by atoms with E-state index in [0.717, 1.165) is 28.7 Å². The van der Waals surface area contributed by atoms with Gasteiger partial charge in [-0.3, -0.25) is 9.48 Å². The zero-order valence-electron chi connectivity index (χ0n) is 15.8. The van der Waals surface area contributed by atoms with Crippen molar-refractivity contribution in [1.82, 2.24) is 15.1 Å². The Kier molecular flexibility index (Phi) is 5.07. The predicted octanol–water partition coefficient (Wildman–Crippen LogP) is 3.53. The van der Waals surface area contributed by atoms with Crippen molar-refractivity contribution in [2.75, 3.05) is 11.5 Å². The number of aryl methyl sites for hydroxylation is 1. The molecule has 10 heteroatoms. The molecular weight excluding hydrogens is 415 g/mol. The SMILES string of the molecule is Cc1nn(C2CCS(=O)(=O)C2)c(C)c1C=C1SC(=O)NC1=Nc1cccc(F)c1. The van der Waals surface area contributed by atoms with Crippen LogP contribution in [0, 0.1) is 19.7 Å². The van der Waals surface area contributed by atoms with Crippen LogP contribution >= 0.6 is 11.8 Å². The van der Waals surface area contributed by atoms with Crippen LogP contribution in [-0.4, -0.2) is 40.8 Å². The molecular formula is C19H19FN4O3S2. The van der Waals surface area contributed by atoms with E-state index in [4.69, 9.17) is 0 Å². The van der Waals surface area contributed by atoms with Crippen molar-refractivity contribution < 1.29 is 17.6 Å². The lowest BCUT2D eigenvalue weighted by molar-refractivity contribution is 0.265. The summed E-state index contributed by atoms with van der Waals surface area (Å²) in [5, 5.41) is 6.96. The maximum Gasteiger partial charge on any atom is 0.289 e. The van der Waals surface area contributed by atoms with Gasteiger partial charge in [-0.25, -0.2) is 17.8 Å². The van der Waals surface area contributed by atoms with Crippen LogP contribution in [0.2, 0.25) is 0 Å². The van der Waals surface area contributed by atoms with Crippen molar-refractivity contribution in [3.05, 3.63) is 51.9 Å². The Morgan fingerprint density at radius 3 is 2.86 bits per heavy atom. The van der Waals surface area contributed by atoms with Gasteiger partial charge in [-0.05, 0) is 56.3 Å². The first kappa shape index (κ1) is 19.8. The van der Waals surface area contributed by atoms with E-state index in [9.17, 15) is 17.6 Å². The van der Waals surface area contributed by atoms with Crippen LogP contribution in [0.15, 0.2) is 34.2 Å². The van der Waals surface area contributed by atoms with Crippen LogP contribution in [-0.2, 0) is 9.84 Å². The fourth-order valence-electron chi connectivity index (χ4n) is 3.53. The lowest BCUT2D eigenvalue weighted by Gasteiger charge is -2.11. The highest BCUT2D eigenvalue weighted by molar-refractivity contribution is 8.18. The lowest BCUT2D eigenvalue weighted by atomic mass is 10.1. The van der Waals surface area contributed by atoms with Gasteiger partial charge in [-0.1, -0.05) is 6.07 Å². The molecule has 2 aliphatic heterocycles. The number of hydrogen-bond acceptors (Lipinski definition) is 6. The molecule has 4 rings (SSSR count). The predicted molar refractivity (Wildman–Crippen MR) is 112 cm³/mol. The van der Waals surface area contributed by atoms with Gasteiger partial charge >= 0.3 is 0 Å². The molecule has 1 amide bonds. The third-order valence-electron chi connectivity index (χ3n) is 4.92. The normalized spacial score (nSPS) is 23.8. The Hall–Kier alpha value is -2.46. The molecule has 152 valence electrons. The molecule has 2 aliphatic rings. The number of hydrogen-bond donors (Lipinski definition) is 1. The van der Waals surface area contributed by atoms with Gasteiger partial charge in [0.25, 0.3) is 5.24 Å². The second-order valence-electron chi connectivity index (χ2n) is 7.05. The number of amides is 1. The fraction of sp³-hybridized carbons (Fsp3) is 0.316. The van der Waals surface area contributed by atoms with E-state index < -0.39 is 15.7 Å². The van der Waals surface area contributed by atoms with Crippen molar-refractivity contribution in [1.29, 1.82) is 0 Å². The molecule has 3 heterocycles. The molecule has 0 spiro atoms. The van der Waals surface area contributed by atoms with Gasteiger partial charge in [0.1, 0.15) is 11.7 Å². The first-order chi connectivity index (χ1) is 13.7. The molecule has 1 unspecified atom stereocenters. The first-order valence-corrected chi connectivity index (χ1v) is 11.7.